The monoisotopic (exact) mass is 302 g/mol. The van der Waals surface area contributed by atoms with E-state index in [0.29, 0.717) is 32.6 Å². The summed E-state index contributed by atoms with van der Waals surface area (Å²) in [5.74, 6) is 0.447. The normalized spacial score (nSPS) is 16.5. The Kier molecular flexibility index (Phi) is 5.58. The zero-order valence-electron chi connectivity index (χ0n) is 13.8. The first-order chi connectivity index (χ1) is 10.5. The van der Waals surface area contributed by atoms with Gasteiger partial charge in [-0.05, 0) is 18.9 Å². The van der Waals surface area contributed by atoms with Gasteiger partial charge in [0.1, 0.15) is 0 Å². The van der Waals surface area contributed by atoms with Gasteiger partial charge in [0.25, 0.3) is 0 Å². The third kappa shape index (κ3) is 4.09. The van der Waals surface area contributed by atoms with Crippen LogP contribution in [-0.2, 0) is 16.0 Å². The van der Waals surface area contributed by atoms with Gasteiger partial charge in [-0.15, -0.1) is 0 Å². The van der Waals surface area contributed by atoms with Crippen LogP contribution in [0, 0.1) is 12.8 Å². The van der Waals surface area contributed by atoms with E-state index in [1.807, 2.05) is 54.8 Å². The number of carbonyl (C=O) groups excluding carboxylic acids is 2. The number of benzene rings is 1. The first-order valence-electron chi connectivity index (χ1n) is 8.13. The van der Waals surface area contributed by atoms with Gasteiger partial charge in [-0.3, -0.25) is 9.59 Å². The van der Waals surface area contributed by atoms with E-state index in [0.717, 1.165) is 12.0 Å². The predicted molar refractivity (Wildman–Crippen MR) is 87.5 cm³/mol. The molecule has 1 saturated heterocycles. The highest BCUT2D eigenvalue weighted by Gasteiger charge is 2.26. The molecule has 1 aliphatic heterocycles. The molecular weight excluding hydrogens is 276 g/mol. The maximum absolute atomic E-state index is 12.3. The van der Waals surface area contributed by atoms with E-state index in [-0.39, 0.29) is 17.7 Å². The van der Waals surface area contributed by atoms with Gasteiger partial charge in [-0.2, -0.15) is 0 Å². The van der Waals surface area contributed by atoms with Crippen molar-refractivity contribution in [2.45, 2.75) is 33.6 Å². The molecule has 4 heteroatoms. The Hall–Kier alpha value is -1.84. The average Bonchev–Trinajstić information content (AvgIpc) is 2.55. The number of hydrogen-bond donors (Lipinski definition) is 0. The summed E-state index contributed by atoms with van der Waals surface area (Å²) in [4.78, 5) is 28.3. The fraction of sp³-hybridized carbons (Fsp3) is 0.556. The molecule has 0 saturated carbocycles. The Labute approximate surface area is 133 Å². The van der Waals surface area contributed by atoms with E-state index in [9.17, 15) is 9.59 Å². The second kappa shape index (κ2) is 7.43. The second-order valence-corrected chi connectivity index (χ2v) is 6.18. The molecule has 2 rings (SSSR count). The van der Waals surface area contributed by atoms with Crippen molar-refractivity contribution in [2.75, 3.05) is 26.2 Å². The van der Waals surface area contributed by atoms with Gasteiger partial charge in [0.2, 0.25) is 11.8 Å². The molecule has 22 heavy (non-hydrogen) atoms. The van der Waals surface area contributed by atoms with Crippen molar-refractivity contribution in [1.82, 2.24) is 9.80 Å². The van der Waals surface area contributed by atoms with Crippen molar-refractivity contribution in [3.05, 3.63) is 35.4 Å². The van der Waals surface area contributed by atoms with E-state index in [4.69, 9.17) is 0 Å². The number of carbonyl (C=O) groups is 2. The van der Waals surface area contributed by atoms with E-state index < -0.39 is 0 Å². The molecule has 0 N–H and O–H groups in total. The Morgan fingerprint density at radius 1 is 1.05 bits per heavy atom. The first-order valence-corrected chi connectivity index (χ1v) is 8.13. The largest absolute Gasteiger partial charge is 0.339 e. The molecular formula is C18H26N2O2. The van der Waals surface area contributed by atoms with Crippen LogP contribution < -0.4 is 0 Å². The summed E-state index contributed by atoms with van der Waals surface area (Å²) in [6.07, 6.45) is 1.31. The van der Waals surface area contributed by atoms with E-state index in [1.165, 1.54) is 5.56 Å². The lowest BCUT2D eigenvalue weighted by atomic mass is 10.1. The van der Waals surface area contributed by atoms with Crippen molar-refractivity contribution >= 4 is 11.8 Å². The van der Waals surface area contributed by atoms with Crippen LogP contribution in [-0.4, -0.2) is 47.8 Å². The summed E-state index contributed by atoms with van der Waals surface area (Å²) in [6, 6.07) is 8.09. The van der Waals surface area contributed by atoms with Crippen LogP contribution in [0.1, 0.15) is 31.4 Å². The highest BCUT2D eigenvalue weighted by atomic mass is 16.2. The number of rotatable bonds is 4. The van der Waals surface area contributed by atoms with Gasteiger partial charge in [0.15, 0.2) is 0 Å². The maximum atomic E-state index is 12.3. The molecule has 0 spiro atoms. The van der Waals surface area contributed by atoms with Crippen LogP contribution in [0.3, 0.4) is 0 Å². The van der Waals surface area contributed by atoms with Crippen molar-refractivity contribution in [1.29, 1.82) is 0 Å². The SMILES string of the molecule is CC[C@H](C)C(=O)N1CCN(C(=O)Cc2ccc(C)cc2)CC1. The molecule has 1 aliphatic rings. The van der Waals surface area contributed by atoms with Gasteiger partial charge < -0.3 is 9.80 Å². The maximum Gasteiger partial charge on any atom is 0.227 e. The van der Waals surface area contributed by atoms with Crippen molar-refractivity contribution in [3.63, 3.8) is 0 Å². The molecule has 1 fully saturated rings. The summed E-state index contributed by atoms with van der Waals surface area (Å²) < 4.78 is 0. The van der Waals surface area contributed by atoms with Gasteiger partial charge in [-0.25, -0.2) is 0 Å². The molecule has 0 aromatic heterocycles. The molecule has 1 heterocycles. The summed E-state index contributed by atoms with van der Waals surface area (Å²) in [5, 5.41) is 0. The summed E-state index contributed by atoms with van der Waals surface area (Å²) in [7, 11) is 0. The summed E-state index contributed by atoms with van der Waals surface area (Å²) in [5.41, 5.74) is 2.25. The van der Waals surface area contributed by atoms with Gasteiger partial charge in [-0.1, -0.05) is 43.7 Å². The van der Waals surface area contributed by atoms with Gasteiger partial charge in [0, 0.05) is 32.1 Å². The van der Waals surface area contributed by atoms with Crippen LogP contribution in [0.4, 0.5) is 0 Å². The summed E-state index contributed by atoms with van der Waals surface area (Å²) >= 11 is 0. The van der Waals surface area contributed by atoms with Gasteiger partial charge >= 0.3 is 0 Å². The topological polar surface area (TPSA) is 40.6 Å². The average molecular weight is 302 g/mol. The van der Waals surface area contributed by atoms with Crippen LogP contribution in [0.25, 0.3) is 0 Å². The minimum Gasteiger partial charge on any atom is -0.339 e. The number of amides is 2. The van der Waals surface area contributed by atoms with E-state index >= 15 is 0 Å². The van der Waals surface area contributed by atoms with Crippen molar-refractivity contribution in [3.8, 4) is 0 Å². The Bertz CT molecular complexity index is 516. The van der Waals surface area contributed by atoms with Crippen LogP contribution in [0.5, 0.6) is 0 Å². The fourth-order valence-corrected chi connectivity index (χ4v) is 2.65. The standard InChI is InChI=1S/C18H26N2O2/c1-4-15(3)18(22)20-11-9-19(10-12-20)17(21)13-16-7-5-14(2)6-8-16/h5-8,15H,4,9-13H2,1-3H3/t15-/m0/s1. The number of nitrogens with zero attached hydrogens (tertiary/aromatic N) is 2. The smallest absolute Gasteiger partial charge is 0.227 e. The minimum absolute atomic E-state index is 0.0785. The van der Waals surface area contributed by atoms with Gasteiger partial charge in [0.05, 0.1) is 6.42 Å². The molecule has 1 atom stereocenters. The lowest BCUT2D eigenvalue weighted by Gasteiger charge is -2.36. The molecule has 0 unspecified atom stereocenters. The molecule has 1 aromatic carbocycles. The lowest BCUT2D eigenvalue weighted by Crippen LogP contribution is -2.52. The van der Waals surface area contributed by atoms with Crippen LogP contribution >= 0.6 is 0 Å². The van der Waals surface area contributed by atoms with Crippen molar-refractivity contribution in [2.24, 2.45) is 5.92 Å². The molecule has 0 aliphatic carbocycles. The molecule has 0 radical (unpaired) electrons. The summed E-state index contributed by atoms with van der Waals surface area (Å²) in [6.45, 7) is 8.64. The van der Waals surface area contributed by atoms with Crippen LogP contribution in [0.15, 0.2) is 24.3 Å². The van der Waals surface area contributed by atoms with Crippen molar-refractivity contribution < 1.29 is 9.59 Å². The zero-order chi connectivity index (χ0) is 16.1. The molecule has 4 nitrogen and oxygen atoms in total. The highest BCUT2D eigenvalue weighted by molar-refractivity contribution is 5.80. The Morgan fingerprint density at radius 3 is 2.14 bits per heavy atom. The molecule has 120 valence electrons. The lowest BCUT2D eigenvalue weighted by molar-refractivity contribution is -0.141. The quantitative estimate of drug-likeness (QED) is 0.856. The van der Waals surface area contributed by atoms with E-state index in [2.05, 4.69) is 0 Å². The number of aryl methyl sites for hydroxylation is 1. The zero-order valence-corrected chi connectivity index (χ0v) is 13.8. The third-order valence-corrected chi connectivity index (χ3v) is 4.45. The first kappa shape index (κ1) is 16.5. The predicted octanol–water partition coefficient (Wildman–Crippen LogP) is 2.25. The Balaban J connectivity index is 1.84. The molecule has 1 aromatic rings. The molecule has 0 bridgehead atoms. The Morgan fingerprint density at radius 2 is 1.59 bits per heavy atom. The van der Waals surface area contributed by atoms with E-state index in [1.54, 1.807) is 0 Å². The highest BCUT2D eigenvalue weighted by Crippen LogP contribution is 2.12. The number of hydrogen-bond acceptors (Lipinski definition) is 2. The molecule has 2 amide bonds. The third-order valence-electron chi connectivity index (χ3n) is 4.45. The number of piperazine rings is 1. The van der Waals surface area contributed by atoms with Crippen LogP contribution in [0.2, 0.25) is 0 Å². The second-order valence-electron chi connectivity index (χ2n) is 6.18. The minimum atomic E-state index is 0.0785. The fourth-order valence-electron chi connectivity index (χ4n) is 2.65.